The second-order valence-corrected chi connectivity index (χ2v) is 8.11. The summed E-state index contributed by atoms with van der Waals surface area (Å²) in [6, 6.07) is 9.34. The van der Waals surface area contributed by atoms with Gasteiger partial charge in [-0.3, -0.25) is 0 Å². The zero-order chi connectivity index (χ0) is 20.0. The van der Waals surface area contributed by atoms with Crippen LogP contribution in [0.4, 0.5) is 0 Å². The SMILES string of the molecule is CCCCCCCCC(COCCS(=O)(=O)[O-])(OCC)Oc1ccccc1.[Na+]. The van der Waals surface area contributed by atoms with Crippen LogP contribution in [0.5, 0.6) is 5.75 Å². The molecule has 1 rings (SSSR count). The first-order valence-corrected chi connectivity index (χ1v) is 11.4. The van der Waals surface area contributed by atoms with E-state index < -0.39 is 21.7 Å². The van der Waals surface area contributed by atoms with Crippen molar-refractivity contribution >= 4 is 10.1 Å². The van der Waals surface area contributed by atoms with Crippen LogP contribution in [0.2, 0.25) is 0 Å². The van der Waals surface area contributed by atoms with Gasteiger partial charge in [-0.25, -0.2) is 8.42 Å². The van der Waals surface area contributed by atoms with E-state index in [1.807, 2.05) is 37.3 Å². The smallest absolute Gasteiger partial charge is 0.748 e. The van der Waals surface area contributed by atoms with Crippen LogP contribution in [0.1, 0.15) is 58.8 Å². The van der Waals surface area contributed by atoms with Gasteiger partial charge in [0.25, 0.3) is 0 Å². The van der Waals surface area contributed by atoms with Gasteiger partial charge in [0.05, 0.1) is 22.5 Å². The molecule has 1 atom stereocenters. The third kappa shape index (κ3) is 13.1. The summed E-state index contributed by atoms with van der Waals surface area (Å²) in [5.41, 5.74) is 0. The van der Waals surface area contributed by atoms with Gasteiger partial charge in [0.1, 0.15) is 12.4 Å². The van der Waals surface area contributed by atoms with Crippen molar-refractivity contribution in [1.82, 2.24) is 0 Å². The Hall–Kier alpha value is -0.150. The van der Waals surface area contributed by atoms with Gasteiger partial charge < -0.3 is 18.8 Å². The quantitative estimate of drug-likeness (QED) is 0.171. The van der Waals surface area contributed by atoms with Crippen LogP contribution in [0, 0.1) is 0 Å². The van der Waals surface area contributed by atoms with Crippen LogP contribution in [0.3, 0.4) is 0 Å². The third-order valence-electron chi connectivity index (χ3n) is 4.17. The predicted molar refractivity (Wildman–Crippen MR) is 105 cm³/mol. The number of rotatable bonds is 16. The van der Waals surface area contributed by atoms with Crippen molar-refractivity contribution < 1.29 is 56.7 Å². The van der Waals surface area contributed by atoms with E-state index in [0.29, 0.717) is 18.8 Å². The van der Waals surface area contributed by atoms with Crippen molar-refractivity contribution in [2.75, 3.05) is 25.6 Å². The molecule has 0 N–H and O–H groups in total. The maximum atomic E-state index is 10.8. The maximum absolute atomic E-state index is 10.8. The van der Waals surface area contributed by atoms with E-state index in [2.05, 4.69) is 6.92 Å². The molecule has 0 heterocycles. The Bertz CT molecular complexity index is 596. The van der Waals surface area contributed by atoms with E-state index in [1.165, 1.54) is 19.3 Å². The Labute approximate surface area is 192 Å². The molecule has 0 fully saturated rings. The minimum Gasteiger partial charge on any atom is -0.748 e. The molecular formula is C20H33NaO6S. The second-order valence-electron chi connectivity index (χ2n) is 6.59. The molecule has 1 aromatic carbocycles. The zero-order valence-electron chi connectivity index (χ0n) is 17.5. The molecule has 0 spiro atoms. The summed E-state index contributed by atoms with van der Waals surface area (Å²) < 4.78 is 49.8. The maximum Gasteiger partial charge on any atom is 1.00 e. The van der Waals surface area contributed by atoms with Crippen LogP contribution in [0.25, 0.3) is 0 Å². The molecule has 0 saturated heterocycles. The van der Waals surface area contributed by atoms with Gasteiger partial charge >= 0.3 is 29.6 Å². The topological polar surface area (TPSA) is 84.9 Å². The molecule has 8 heteroatoms. The van der Waals surface area contributed by atoms with E-state index in [0.717, 1.165) is 19.3 Å². The second kappa shape index (κ2) is 15.7. The molecule has 0 radical (unpaired) electrons. The van der Waals surface area contributed by atoms with Crippen LogP contribution in [-0.4, -0.2) is 44.3 Å². The minimum absolute atomic E-state index is 0. The molecular weight excluding hydrogens is 391 g/mol. The van der Waals surface area contributed by atoms with Crippen LogP contribution < -0.4 is 34.3 Å². The monoisotopic (exact) mass is 424 g/mol. The molecule has 1 aromatic rings. The van der Waals surface area contributed by atoms with Gasteiger partial charge in [0, 0.05) is 13.0 Å². The summed E-state index contributed by atoms with van der Waals surface area (Å²) in [6.07, 6.45) is 7.44. The predicted octanol–water partition coefficient (Wildman–Crippen LogP) is 1.11. The summed E-state index contributed by atoms with van der Waals surface area (Å²) in [5, 5.41) is 0. The standard InChI is InChI=1S/C20H34O6S.Na/c1-3-5-6-7-8-12-15-20(25-4-2,18-24-16-17-27(21,22)23)26-19-13-10-9-11-14-19;/h9-11,13-14H,3-8,12,15-18H2,1-2H3,(H,21,22,23);/q;+1/p-1. The summed E-state index contributed by atoms with van der Waals surface area (Å²) in [5.74, 6) is -0.887. The van der Waals surface area contributed by atoms with Gasteiger partial charge in [0.2, 0.25) is 5.79 Å². The average molecular weight is 425 g/mol. The first kappa shape index (κ1) is 27.8. The zero-order valence-corrected chi connectivity index (χ0v) is 20.3. The van der Waals surface area contributed by atoms with E-state index in [-0.39, 0.29) is 42.8 Å². The summed E-state index contributed by atoms with van der Waals surface area (Å²) in [4.78, 5) is 0. The van der Waals surface area contributed by atoms with E-state index >= 15 is 0 Å². The van der Waals surface area contributed by atoms with E-state index in [4.69, 9.17) is 14.2 Å². The normalized spacial score (nSPS) is 13.5. The van der Waals surface area contributed by atoms with Crippen molar-refractivity contribution in [3.8, 4) is 5.75 Å². The Morgan fingerprint density at radius 2 is 1.64 bits per heavy atom. The largest absolute Gasteiger partial charge is 1.00 e. The first-order chi connectivity index (χ1) is 12.9. The molecule has 0 aliphatic carbocycles. The number of hydrogen-bond acceptors (Lipinski definition) is 6. The van der Waals surface area contributed by atoms with Gasteiger partial charge in [0.15, 0.2) is 0 Å². The van der Waals surface area contributed by atoms with E-state index in [9.17, 15) is 13.0 Å². The van der Waals surface area contributed by atoms with Crippen molar-refractivity contribution in [3.05, 3.63) is 30.3 Å². The number of para-hydroxylation sites is 1. The number of benzene rings is 1. The molecule has 28 heavy (non-hydrogen) atoms. The molecule has 0 aromatic heterocycles. The Kier molecular flexibility index (Phi) is 15.6. The average Bonchev–Trinajstić information content (AvgIpc) is 2.62. The summed E-state index contributed by atoms with van der Waals surface area (Å²) in [6.45, 7) is 4.40. The fourth-order valence-corrected chi connectivity index (χ4v) is 3.15. The number of hydrogen-bond donors (Lipinski definition) is 0. The fraction of sp³-hybridized carbons (Fsp3) is 0.700. The molecule has 0 amide bonds. The van der Waals surface area contributed by atoms with Gasteiger partial charge in [-0.1, -0.05) is 57.2 Å². The third-order valence-corrected chi connectivity index (χ3v) is 4.83. The van der Waals surface area contributed by atoms with Crippen molar-refractivity contribution in [3.63, 3.8) is 0 Å². The summed E-state index contributed by atoms with van der Waals surface area (Å²) >= 11 is 0. The molecule has 0 aliphatic rings. The van der Waals surface area contributed by atoms with Crippen molar-refractivity contribution in [1.29, 1.82) is 0 Å². The van der Waals surface area contributed by atoms with Gasteiger partial charge in [-0.15, -0.1) is 0 Å². The molecule has 156 valence electrons. The number of unbranched alkanes of at least 4 members (excludes halogenated alkanes) is 5. The number of ether oxygens (including phenoxy) is 3. The Balaban J connectivity index is 0.00000729. The fourth-order valence-electron chi connectivity index (χ4n) is 2.83. The Morgan fingerprint density at radius 1 is 1.00 bits per heavy atom. The van der Waals surface area contributed by atoms with Gasteiger partial charge in [-0.2, -0.15) is 0 Å². The Morgan fingerprint density at radius 3 is 2.25 bits per heavy atom. The van der Waals surface area contributed by atoms with Gasteiger partial charge in [-0.05, 0) is 25.5 Å². The molecule has 6 nitrogen and oxygen atoms in total. The van der Waals surface area contributed by atoms with Crippen LogP contribution in [-0.2, 0) is 19.6 Å². The molecule has 0 saturated carbocycles. The minimum atomic E-state index is -4.30. The van der Waals surface area contributed by atoms with E-state index in [1.54, 1.807) is 0 Å². The van der Waals surface area contributed by atoms with Crippen molar-refractivity contribution in [2.45, 2.75) is 64.6 Å². The first-order valence-electron chi connectivity index (χ1n) is 9.80. The van der Waals surface area contributed by atoms with Crippen molar-refractivity contribution in [2.24, 2.45) is 0 Å². The summed E-state index contributed by atoms with van der Waals surface area (Å²) in [7, 11) is -4.30. The molecule has 0 aliphatic heterocycles. The van der Waals surface area contributed by atoms with Crippen LogP contribution >= 0.6 is 0 Å². The molecule has 0 bridgehead atoms. The van der Waals surface area contributed by atoms with Crippen LogP contribution in [0.15, 0.2) is 30.3 Å². The molecule has 1 unspecified atom stereocenters.